The molecule has 3 rings (SSSR count). The number of benzene rings is 2. The fourth-order valence-electron chi connectivity index (χ4n) is 3.30. The first-order valence-corrected chi connectivity index (χ1v) is 9.10. The molecule has 0 saturated carbocycles. The van der Waals surface area contributed by atoms with Crippen LogP contribution in [0.2, 0.25) is 0 Å². The molecule has 0 unspecified atom stereocenters. The molecular formula is C22H24N2O6. The third-order valence-corrected chi connectivity index (χ3v) is 4.70. The fraction of sp³-hybridized carbons (Fsp3) is 0.273. The summed E-state index contributed by atoms with van der Waals surface area (Å²) in [5.41, 5.74) is 2.82. The molecule has 0 bridgehead atoms. The van der Waals surface area contributed by atoms with Crippen molar-refractivity contribution in [1.29, 1.82) is 0 Å². The van der Waals surface area contributed by atoms with E-state index in [0.29, 0.717) is 40.0 Å². The van der Waals surface area contributed by atoms with Crippen LogP contribution in [-0.4, -0.2) is 51.2 Å². The maximum atomic E-state index is 12.3. The summed E-state index contributed by atoms with van der Waals surface area (Å²) < 4.78 is 28.4. The SMILES string of the molecule is COc1ccc(-c2cnn(C(C)=O)c2-c2cc(OC)c(OC)c(OC)c2)cc1OC. The molecule has 1 heterocycles. The Hall–Kier alpha value is -3.68. The van der Waals surface area contributed by atoms with Crippen molar-refractivity contribution in [3.63, 3.8) is 0 Å². The first-order chi connectivity index (χ1) is 14.5. The summed E-state index contributed by atoms with van der Waals surface area (Å²) in [6, 6.07) is 9.08. The third kappa shape index (κ3) is 3.63. The van der Waals surface area contributed by atoms with Crippen molar-refractivity contribution in [2.24, 2.45) is 0 Å². The van der Waals surface area contributed by atoms with Crippen LogP contribution in [0.3, 0.4) is 0 Å². The van der Waals surface area contributed by atoms with E-state index in [1.54, 1.807) is 52.8 Å². The highest BCUT2D eigenvalue weighted by atomic mass is 16.5. The van der Waals surface area contributed by atoms with Gasteiger partial charge >= 0.3 is 0 Å². The van der Waals surface area contributed by atoms with Gasteiger partial charge in [0, 0.05) is 18.1 Å². The minimum absolute atomic E-state index is 0.231. The molecule has 8 nitrogen and oxygen atoms in total. The standard InChI is InChI=1S/C22H24N2O6/c1-13(25)24-21(15-10-19(28-4)22(30-6)20(11-15)29-5)16(12-23-24)14-7-8-17(26-2)18(9-14)27-3/h7-12H,1-6H3. The highest BCUT2D eigenvalue weighted by molar-refractivity contribution is 5.90. The second-order valence-electron chi connectivity index (χ2n) is 6.32. The Morgan fingerprint density at radius 1 is 0.767 bits per heavy atom. The monoisotopic (exact) mass is 412 g/mol. The molecule has 0 amide bonds. The lowest BCUT2D eigenvalue weighted by atomic mass is 10.00. The molecule has 2 aromatic carbocycles. The lowest BCUT2D eigenvalue weighted by Gasteiger charge is -2.16. The predicted molar refractivity (Wildman–Crippen MR) is 112 cm³/mol. The van der Waals surface area contributed by atoms with Gasteiger partial charge in [-0.1, -0.05) is 6.07 Å². The topological polar surface area (TPSA) is 81.0 Å². The molecule has 8 heteroatoms. The van der Waals surface area contributed by atoms with Crippen LogP contribution < -0.4 is 23.7 Å². The van der Waals surface area contributed by atoms with Crippen LogP contribution >= 0.6 is 0 Å². The average molecular weight is 412 g/mol. The first kappa shape index (κ1) is 21.0. The summed E-state index contributed by atoms with van der Waals surface area (Å²) >= 11 is 0. The summed E-state index contributed by atoms with van der Waals surface area (Å²) in [6.45, 7) is 1.45. The van der Waals surface area contributed by atoms with Gasteiger partial charge in [-0.15, -0.1) is 0 Å². The molecule has 0 radical (unpaired) electrons. The van der Waals surface area contributed by atoms with E-state index in [1.807, 2.05) is 12.1 Å². The molecule has 0 fully saturated rings. The van der Waals surface area contributed by atoms with Crippen LogP contribution in [0.15, 0.2) is 36.5 Å². The lowest BCUT2D eigenvalue weighted by molar-refractivity contribution is 0.0923. The maximum absolute atomic E-state index is 12.3. The molecule has 1 aromatic heterocycles. The summed E-state index contributed by atoms with van der Waals surface area (Å²) in [6.07, 6.45) is 1.64. The van der Waals surface area contributed by atoms with Crippen LogP contribution in [0, 0.1) is 0 Å². The van der Waals surface area contributed by atoms with Gasteiger partial charge < -0.3 is 23.7 Å². The summed E-state index contributed by atoms with van der Waals surface area (Å²) in [5.74, 6) is 2.36. The number of nitrogens with zero attached hydrogens (tertiary/aromatic N) is 2. The summed E-state index contributed by atoms with van der Waals surface area (Å²) in [7, 11) is 7.76. The van der Waals surface area contributed by atoms with Crippen LogP contribution in [0.25, 0.3) is 22.4 Å². The largest absolute Gasteiger partial charge is 0.493 e. The number of methoxy groups -OCH3 is 5. The Morgan fingerprint density at radius 3 is 1.83 bits per heavy atom. The molecular weight excluding hydrogens is 388 g/mol. The van der Waals surface area contributed by atoms with Crippen molar-refractivity contribution in [3.05, 3.63) is 36.5 Å². The first-order valence-electron chi connectivity index (χ1n) is 9.10. The molecule has 0 N–H and O–H groups in total. The third-order valence-electron chi connectivity index (χ3n) is 4.70. The van der Waals surface area contributed by atoms with Crippen LogP contribution in [0.4, 0.5) is 0 Å². The normalized spacial score (nSPS) is 10.5. The van der Waals surface area contributed by atoms with Crippen molar-refractivity contribution in [2.45, 2.75) is 6.92 Å². The van der Waals surface area contributed by atoms with Gasteiger partial charge in [-0.25, -0.2) is 0 Å². The Balaban J connectivity index is 2.28. The van der Waals surface area contributed by atoms with Gasteiger partial charge in [0.25, 0.3) is 0 Å². The van der Waals surface area contributed by atoms with E-state index in [0.717, 1.165) is 11.1 Å². The van der Waals surface area contributed by atoms with E-state index < -0.39 is 0 Å². The van der Waals surface area contributed by atoms with E-state index in [4.69, 9.17) is 23.7 Å². The Morgan fingerprint density at radius 2 is 1.33 bits per heavy atom. The van der Waals surface area contributed by atoms with Crippen molar-refractivity contribution >= 4 is 5.91 Å². The number of hydrogen-bond donors (Lipinski definition) is 0. The van der Waals surface area contributed by atoms with Crippen molar-refractivity contribution in [1.82, 2.24) is 9.78 Å². The van der Waals surface area contributed by atoms with Gasteiger partial charge in [-0.05, 0) is 29.8 Å². The number of carbonyl (C=O) groups is 1. The summed E-state index contributed by atoms with van der Waals surface area (Å²) in [4.78, 5) is 12.3. The van der Waals surface area contributed by atoms with Crippen LogP contribution in [0.5, 0.6) is 28.7 Å². The van der Waals surface area contributed by atoms with E-state index in [1.165, 1.54) is 18.7 Å². The Bertz CT molecular complexity index is 1050. The van der Waals surface area contributed by atoms with Crippen molar-refractivity contribution < 1.29 is 28.5 Å². The molecule has 0 saturated heterocycles. The molecule has 0 atom stereocenters. The highest BCUT2D eigenvalue weighted by Crippen LogP contribution is 2.44. The molecule has 30 heavy (non-hydrogen) atoms. The number of rotatable bonds is 7. The van der Waals surface area contributed by atoms with E-state index in [-0.39, 0.29) is 5.91 Å². The van der Waals surface area contributed by atoms with E-state index in [9.17, 15) is 4.79 Å². The second-order valence-corrected chi connectivity index (χ2v) is 6.32. The lowest BCUT2D eigenvalue weighted by Crippen LogP contribution is -2.09. The van der Waals surface area contributed by atoms with E-state index in [2.05, 4.69) is 5.10 Å². The fourth-order valence-corrected chi connectivity index (χ4v) is 3.30. The highest BCUT2D eigenvalue weighted by Gasteiger charge is 2.22. The van der Waals surface area contributed by atoms with Gasteiger partial charge in [0.2, 0.25) is 11.7 Å². The van der Waals surface area contributed by atoms with Crippen LogP contribution in [-0.2, 0) is 0 Å². The zero-order chi connectivity index (χ0) is 21.8. The van der Waals surface area contributed by atoms with Gasteiger partial charge in [0.1, 0.15) is 0 Å². The van der Waals surface area contributed by atoms with Gasteiger partial charge in [-0.2, -0.15) is 9.78 Å². The van der Waals surface area contributed by atoms with Gasteiger partial charge in [-0.3, -0.25) is 4.79 Å². The molecule has 0 spiro atoms. The quantitative estimate of drug-likeness (QED) is 0.582. The summed E-state index contributed by atoms with van der Waals surface area (Å²) in [5, 5.41) is 4.30. The molecule has 0 aliphatic rings. The average Bonchev–Trinajstić information content (AvgIpc) is 3.22. The number of ether oxygens (including phenoxy) is 5. The zero-order valence-electron chi connectivity index (χ0n) is 17.8. The van der Waals surface area contributed by atoms with Crippen molar-refractivity contribution in [3.8, 4) is 51.1 Å². The minimum Gasteiger partial charge on any atom is -0.493 e. The Kier molecular flexibility index (Phi) is 6.15. The predicted octanol–water partition coefficient (Wildman–Crippen LogP) is 3.92. The Labute approximate surface area is 174 Å². The number of carbonyl (C=O) groups excluding carboxylic acids is 1. The second kappa shape index (κ2) is 8.77. The van der Waals surface area contributed by atoms with E-state index >= 15 is 0 Å². The van der Waals surface area contributed by atoms with Crippen molar-refractivity contribution in [2.75, 3.05) is 35.5 Å². The van der Waals surface area contributed by atoms with Gasteiger partial charge in [0.15, 0.2) is 23.0 Å². The van der Waals surface area contributed by atoms with Crippen LogP contribution in [0.1, 0.15) is 11.7 Å². The zero-order valence-corrected chi connectivity index (χ0v) is 17.8. The number of hydrogen-bond acceptors (Lipinski definition) is 7. The molecule has 0 aliphatic heterocycles. The van der Waals surface area contributed by atoms with Gasteiger partial charge in [0.05, 0.1) is 47.4 Å². The minimum atomic E-state index is -0.231. The number of aromatic nitrogens is 2. The smallest absolute Gasteiger partial charge is 0.244 e. The molecule has 158 valence electrons. The maximum Gasteiger partial charge on any atom is 0.244 e. The molecule has 0 aliphatic carbocycles. The molecule has 3 aromatic rings.